The van der Waals surface area contributed by atoms with E-state index < -0.39 is 11.7 Å². The highest BCUT2D eigenvalue weighted by atomic mass is 19.4. The predicted octanol–water partition coefficient (Wildman–Crippen LogP) is 4.24. The first-order valence-corrected chi connectivity index (χ1v) is 5.07. The highest BCUT2D eigenvalue weighted by molar-refractivity contribution is 5.81. The van der Waals surface area contributed by atoms with Gasteiger partial charge in [0.15, 0.2) is 0 Å². The van der Waals surface area contributed by atoms with E-state index in [2.05, 4.69) is 0 Å². The molecule has 0 saturated carbocycles. The minimum Gasteiger partial charge on any atom is -0.345 e. The van der Waals surface area contributed by atoms with Crippen molar-refractivity contribution in [2.75, 3.05) is 0 Å². The molecule has 0 aliphatic carbocycles. The summed E-state index contributed by atoms with van der Waals surface area (Å²) < 4.78 is 39.5. The molecule has 1 aromatic carbocycles. The van der Waals surface area contributed by atoms with Gasteiger partial charge < -0.3 is 4.57 Å². The lowest BCUT2D eigenvalue weighted by Crippen LogP contribution is -2.05. The van der Waals surface area contributed by atoms with E-state index in [1.807, 2.05) is 30.7 Å². The van der Waals surface area contributed by atoms with Crippen molar-refractivity contribution in [1.29, 1.82) is 0 Å². The van der Waals surface area contributed by atoms with Crippen molar-refractivity contribution < 1.29 is 13.2 Å². The largest absolute Gasteiger partial charge is 0.416 e. The predicted molar refractivity (Wildman–Crippen MR) is 57.3 cm³/mol. The van der Waals surface area contributed by atoms with Gasteiger partial charge in [0, 0.05) is 17.8 Å². The number of benzene rings is 1. The van der Waals surface area contributed by atoms with Crippen LogP contribution in [0.3, 0.4) is 0 Å². The molecule has 0 fully saturated rings. The Kier molecular flexibility index (Phi) is 2.45. The van der Waals surface area contributed by atoms with Gasteiger partial charge in [0.2, 0.25) is 0 Å². The van der Waals surface area contributed by atoms with Crippen LogP contribution in [-0.4, -0.2) is 4.57 Å². The minimum absolute atomic E-state index is 0.154. The van der Waals surface area contributed by atoms with E-state index in [1.54, 1.807) is 0 Å². The summed E-state index contributed by atoms with van der Waals surface area (Å²) in [5.74, 6) is 0. The van der Waals surface area contributed by atoms with Crippen LogP contribution in [0.4, 0.5) is 13.2 Å². The van der Waals surface area contributed by atoms with Gasteiger partial charge in [0.1, 0.15) is 0 Å². The van der Waals surface area contributed by atoms with Crippen molar-refractivity contribution in [3.05, 3.63) is 36.0 Å². The maximum absolute atomic E-state index is 12.5. The fraction of sp³-hybridized carbons (Fsp3) is 0.333. The molecule has 0 N–H and O–H groups in total. The minimum atomic E-state index is -4.28. The number of halogens is 3. The van der Waals surface area contributed by atoms with Gasteiger partial charge in [-0.1, -0.05) is 6.07 Å². The monoisotopic (exact) mass is 227 g/mol. The van der Waals surface area contributed by atoms with Crippen molar-refractivity contribution in [1.82, 2.24) is 4.57 Å². The summed E-state index contributed by atoms with van der Waals surface area (Å²) >= 11 is 0. The molecule has 2 rings (SSSR count). The van der Waals surface area contributed by atoms with Gasteiger partial charge in [-0.3, -0.25) is 0 Å². The zero-order chi connectivity index (χ0) is 11.9. The van der Waals surface area contributed by atoms with Crippen LogP contribution in [0.15, 0.2) is 30.5 Å². The number of hydrogen-bond donors (Lipinski definition) is 0. The molecule has 1 nitrogen and oxygen atoms in total. The van der Waals surface area contributed by atoms with E-state index in [1.165, 1.54) is 12.1 Å². The van der Waals surface area contributed by atoms with Gasteiger partial charge in [-0.25, -0.2) is 0 Å². The lowest BCUT2D eigenvalue weighted by Gasteiger charge is -2.11. The average Bonchev–Trinajstić information content (AvgIpc) is 2.58. The van der Waals surface area contributed by atoms with Gasteiger partial charge in [-0.2, -0.15) is 13.2 Å². The van der Waals surface area contributed by atoms with E-state index in [4.69, 9.17) is 0 Å². The van der Waals surface area contributed by atoms with Crippen molar-refractivity contribution in [3.63, 3.8) is 0 Å². The number of nitrogens with zero attached hydrogens (tertiary/aromatic N) is 1. The molecule has 16 heavy (non-hydrogen) atoms. The maximum Gasteiger partial charge on any atom is 0.416 e. The van der Waals surface area contributed by atoms with Gasteiger partial charge in [0.05, 0.1) is 5.56 Å². The fourth-order valence-corrected chi connectivity index (χ4v) is 1.78. The molecule has 0 bridgehead atoms. The second kappa shape index (κ2) is 3.54. The number of hydrogen-bond acceptors (Lipinski definition) is 0. The Balaban J connectivity index is 2.63. The van der Waals surface area contributed by atoms with Gasteiger partial charge >= 0.3 is 6.18 Å². The van der Waals surface area contributed by atoms with Crippen LogP contribution in [0.1, 0.15) is 25.5 Å². The molecule has 0 unspecified atom stereocenters. The molecular formula is C12H12F3N. The molecule has 0 atom stereocenters. The molecule has 1 heterocycles. The normalized spacial score (nSPS) is 12.6. The summed E-state index contributed by atoms with van der Waals surface area (Å²) in [6, 6.07) is 5.82. The van der Waals surface area contributed by atoms with Crippen molar-refractivity contribution in [3.8, 4) is 0 Å². The quantitative estimate of drug-likeness (QED) is 0.686. The first-order chi connectivity index (χ1) is 7.39. The Bertz CT molecular complexity index is 508. The molecule has 1 aromatic heterocycles. The second-order valence-electron chi connectivity index (χ2n) is 4.09. The summed E-state index contributed by atoms with van der Waals surface area (Å²) in [5.41, 5.74) is 0.0328. The van der Waals surface area contributed by atoms with Crippen LogP contribution in [0, 0.1) is 0 Å². The SMILES string of the molecule is CC(C)n1ccc2ccc(C(F)(F)F)cc21. The Labute approximate surface area is 91.5 Å². The molecule has 4 heteroatoms. The fourth-order valence-electron chi connectivity index (χ4n) is 1.78. The topological polar surface area (TPSA) is 4.93 Å². The lowest BCUT2D eigenvalue weighted by atomic mass is 10.1. The highest BCUT2D eigenvalue weighted by Gasteiger charge is 2.30. The maximum atomic E-state index is 12.5. The summed E-state index contributed by atoms with van der Waals surface area (Å²) in [6.07, 6.45) is -2.46. The third kappa shape index (κ3) is 1.79. The van der Waals surface area contributed by atoms with Crippen molar-refractivity contribution >= 4 is 10.9 Å². The first-order valence-electron chi connectivity index (χ1n) is 5.07. The van der Waals surface area contributed by atoms with E-state index in [-0.39, 0.29) is 6.04 Å². The summed E-state index contributed by atoms with van der Waals surface area (Å²) in [6.45, 7) is 3.89. The molecule has 0 aliphatic rings. The van der Waals surface area contributed by atoms with E-state index >= 15 is 0 Å². The van der Waals surface area contributed by atoms with Crippen LogP contribution in [0.2, 0.25) is 0 Å². The van der Waals surface area contributed by atoms with E-state index in [9.17, 15) is 13.2 Å². The Hall–Kier alpha value is -1.45. The Morgan fingerprint density at radius 2 is 1.81 bits per heavy atom. The first kappa shape index (κ1) is 11.0. The summed E-state index contributed by atoms with van der Waals surface area (Å²) in [4.78, 5) is 0. The molecule has 0 radical (unpaired) electrons. The van der Waals surface area contributed by atoms with E-state index in [0.717, 1.165) is 11.5 Å². The molecular weight excluding hydrogens is 215 g/mol. The van der Waals surface area contributed by atoms with Crippen LogP contribution in [0.25, 0.3) is 10.9 Å². The average molecular weight is 227 g/mol. The zero-order valence-corrected chi connectivity index (χ0v) is 9.05. The molecule has 0 aliphatic heterocycles. The third-order valence-corrected chi connectivity index (χ3v) is 2.61. The second-order valence-corrected chi connectivity index (χ2v) is 4.09. The molecule has 2 aromatic rings. The molecule has 0 saturated heterocycles. The number of rotatable bonds is 1. The number of alkyl halides is 3. The molecule has 0 spiro atoms. The van der Waals surface area contributed by atoms with Crippen molar-refractivity contribution in [2.45, 2.75) is 26.1 Å². The standard InChI is InChI=1S/C12H12F3N/c1-8(2)16-6-5-9-3-4-10(7-11(9)16)12(13,14)15/h3-8H,1-2H3. The van der Waals surface area contributed by atoms with Gasteiger partial charge in [-0.15, -0.1) is 0 Å². The Morgan fingerprint density at radius 1 is 1.12 bits per heavy atom. The van der Waals surface area contributed by atoms with Crippen LogP contribution in [0.5, 0.6) is 0 Å². The summed E-state index contributed by atoms with van der Waals surface area (Å²) in [5, 5.41) is 0.835. The lowest BCUT2D eigenvalue weighted by molar-refractivity contribution is -0.137. The van der Waals surface area contributed by atoms with Crippen molar-refractivity contribution in [2.24, 2.45) is 0 Å². The van der Waals surface area contributed by atoms with Crippen LogP contribution >= 0.6 is 0 Å². The molecule has 86 valence electrons. The van der Waals surface area contributed by atoms with E-state index in [0.29, 0.717) is 5.52 Å². The smallest absolute Gasteiger partial charge is 0.345 e. The van der Waals surface area contributed by atoms with Gasteiger partial charge in [0.25, 0.3) is 0 Å². The van der Waals surface area contributed by atoms with Gasteiger partial charge in [-0.05, 0) is 37.4 Å². The van der Waals surface area contributed by atoms with Crippen LogP contribution < -0.4 is 0 Å². The number of fused-ring (bicyclic) bond motifs is 1. The van der Waals surface area contributed by atoms with Crippen LogP contribution in [-0.2, 0) is 6.18 Å². The molecule has 0 amide bonds. The summed E-state index contributed by atoms with van der Waals surface area (Å²) in [7, 11) is 0. The highest BCUT2D eigenvalue weighted by Crippen LogP contribution is 2.32. The number of aromatic nitrogens is 1. The Morgan fingerprint density at radius 3 is 2.38 bits per heavy atom. The third-order valence-electron chi connectivity index (χ3n) is 2.61. The zero-order valence-electron chi connectivity index (χ0n) is 9.05.